The molecule has 1 aromatic carbocycles. The van der Waals surface area contributed by atoms with Crippen molar-refractivity contribution in [1.29, 1.82) is 0 Å². The molecule has 1 unspecified atom stereocenters. The lowest BCUT2D eigenvalue weighted by Gasteiger charge is -2.16. The average molecular weight is 254 g/mol. The van der Waals surface area contributed by atoms with Crippen molar-refractivity contribution in [1.82, 2.24) is 5.32 Å². The van der Waals surface area contributed by atoms with Crippen molar-refractivity contribution in [2.45, 2.75) is 37.8 Å². The highest BCUT2D eigenvalue weighted by molar-refractivity contribution is 6.30. The minimum Gasteiger partial charge on any atom is -0.378 e. The molecule has 0 heterocycles. The van der Waals surface area contributed by atoms with Gasteiger partial charge in [0.2, 0.25) is 0 Å². The Balaban J connectivity index is 1.96. The van der Waals surface area contributed by atoms with Gasteiger partial charge in [0.1, 0.15) is 0 Å². The summed E-state index contributed by atoms with van der Waals surface area (Å²) in [6.07, 6.45) is 3.23. The van der Waals surface area contributed by atoms with Crippen LogP contribution in [0.1, 0.15) is 37.4 Å². The van der Waals surface area contributed by atoms with Crippen molar-refractivity contribution >= 4 is 17.5 Å². The summed E-state index contributed by atoms with van der Waals surface area (Å²) in [5, 5.41) is 13.3. The van der Waals surface area contributed by atoms with Crippen molar-refractivity contribution < 1.29 is 9.90 Å². The summed E-state index contributed by atoms with van der Waals surface area (Å²) in [6.45, 7) is 0. The van der Waals surface area contributed by atoms with E-state index in [1.165, 1.54) is 0 Å². The molecule has 0 bridgehead atoms. The number of hydrogen-bond donors (Lipinski definition) is 2. The third kappa shape index (κ3) is 3.20. The Morgan fingerprint density at radius 3 is 2.47 bits per heavy atom. The van der Waals surface area contributed by atoms with Gasteiger partial charge in [-0.25, -0.2) is 0 Å². The molecule has 1 atom stereocenters. The lowest BCUT2D eigenvalue weighted by Crippen LogP contribution is -2.36. The highest BCUT2D eigenvalue weighted by Gasteiger charge is 2.22. The first-order valence-electron chi connectivity index (χ1n) is 5.91. The summed E-state index contributed by atoms with van der Waals surface area (Å²) in [7, 11) is 0. The zero-order valence-corrected chi connectivity index (χ0v) is 10.3. The highest BCUT2D eigenvalue weighted by Crippen LogP contribution is 2.20. The molecule has 0 spiro atoms. The van der Waals surface area contributed by atoms with Crippen molar-refractivity contribution in [3.63, 3.8) is 0 Å². The van der Waals surface area contributed by atoms with Crippen LogP contribution in [0.5, 0.6) is 0 Å². The predicted octanol–water partition coefficient (Wildman–Crippen LogP) is 2.43. The normalized spacial score (nSPS) is 18.0. The molecule has 0 saturated heterocycles. The van der Waals surface area contributed by atoms with E-state index in [0.29, 0.717) is 10.6 Å². The van der Waals surface area contributed by atoms with E-state index < -0.39 is 6.10 Å². The van der Waals surface area contributed by atoms with Crippen LogP contribution in [0.3, 0.4) is 0 Å². The first-order valence-corrected chi connectivity index (χ1v) is 6.28. The van der Waals surface area contributed by atoms with Gasteiger partial charge in [0.25, 0.3) is 5.91 Å². The number of aliphatic hydroxyl groups is 1. The van der Waals surface area contributed by atoms with Crippen LogP contribution < -0.4 is 5.32 Å². The first-order chi connectivity index (χ1) is 8.16. The van der Waals surface area contributed by atoms with E-state index in [9.17, 15) is 9.90 Å². The molecule has 1 aliphatic rings. The van der Waals surface area contributed by atoms with E-state index >= 15 is 0 Å². The van der Waals surface area contributed by atoms with Crippen molar-refractivity contribution in [3.8, 4) is 0 Å². The maximum absolute atomic E-state index is 11.8. The monoisotopic (exact) mass is 253 g/mol. The predicted molar refractivity (Wildman–Crippen MR) is 66.8 cm³/mol. The lowest BCUT2D eigenvalue weighted by molar-refractivity contribution is -0.130. The molecular weight excluding hydrogens is 238 g/mol. The highest BCUT2D eigenvalue weighted by atomic mass is 35.5. The third-order valence-electron chi connectivity index (χ3n) is 3.14. The Hall–Kier alpha value is -1.06. The summed E-state index contributed by atoms with van der Waals surface area (Å²) in [6, 6.07) is 6.90. The van der Waals surface area contributed by atoms with Crippen LogP contribution in [-0.2, 0) is 4.79 Å². The number of nitrogens with one attached hydrogen (secondary N) is 1. The van der Waals surface area contributed by atoms with Crippen LogP contribution in [0.4, 0.5) is 0 Å². The van der Waals surface area contributed by atoms with Crippen molar-refractivity contribution in [2.75, 3.05) is 0 Å². The lowest BCUT2D eigenvalue weighted by atomic mass is 10.1. The molecule has 92 valence electrons. The molecule has 2 N–H and O–H groups in total. The Labute approximate surface area is 106 Å². The SMILES string of the molecule is O=C(NC1CCCC1)C(O)c1ccc(Cl)cc1. The van der Waals surface area contributed by atoms with E-state index in [-0.39, 0.29) is 11.9 Å². The van der Waals surface area contributed by atoms with E-state index in [1.54, 1.807) is 24.3 Å². The molecule has 0 radical (unpaired) electrons. The van der Waals surface area contributed by atoms with Gasteiger partial charge in [-0.15, -0.1) is 0 Å². The van der Waals surface area contributed by atoms with Crippen molar-refractivity contribution in [3.05, 3.63) is 34.9 Å². The molecule has 1 amide bonds. The fourth-order valence-corrected chi connectivity index (χ4v) is 2.27. The summed E-state index contributed by atoms with van der Waals surface area (Å²) < 4.78 is 0. The maximum atomic E-state index is 11.8. The van der Waals surface area contributed by atoms with Gasteiger partial charge in [-0.1, -0.05) is 36.6 Å². The molecule has 1 aromatic rings. The Morgan fingerprint density at radius 2 is 1.88 bits per heavy atom. The van der Waals surface area contributed by atoms with E-state index in [2.05, 4.69) is 5.32 Å². The van der Waals surface area contributed by atoms with Crippen molar-refractivity contribution in [2.24, 2.45) is 0 Å². The Bertz CT molecular complexity index is 385. The van der Waals surface area contributed by atoms with E-state index in [1.807, 2.05) is 0 Å². The number of amides is 1. The molecule has 1 saturated carbocycles. The van der Waals surface area contributed by atoms with Gasteiger partial charge in [-0.2, -0.15) is 0 Å². The van der Waals surface area contributed by atoms with Crippen LogP contribution in [0.2, 0.25) is 5.02 Å². The quantitative estimate of drug-likeness (QED) is 0.869. The minimum atomic E-state index is -1.10. The van der Waals surface area contributed by atoms with Gasteiger partial charge < -0.3 is 10.4 Å². The second-order valence-electron chi connectivity index (χ2n) is 4.44. The number of carbonyl (C=O) groups is 1. The molecule has 0 aliphatic heterocycles. The van der Waals surface area contributed by atoms with Gasteiger partial charge in [0.05, 0.1) is 0 Å². The van der Waals surface area contributed by atoms with E-state index in [0.717, 1.165) is 25.7 Å². The molecule has 4 heteroatoms. The molecule has 1 aliphatic carbocycles. The molecule has 0 aromatic heterocycles. The van der Waals surface area contributed by atoms with E-state index in [4.69, 9.17) is 11.6 Å². The molecule has 3 nitrogen and oxygen atoms in total. The number of halogens is 1. The Kier molecular flexibility index (Phi) is 4.02. The number of benzene rings is 1. The average Bonchev–Trinajstić information content (AvgIpc) is 2.82. The number of aliphatic hydroxyl groups excluding tert-OH is 1. The topological polar surface area (TPSA) is 49.3 Å². The second-order valence-corrected chi connectivity index (χ2v) is 4.88. The molecular formula is C13H16ClNO2. The molecule has 1 fully saturated rings. The fourth-order valence-electron chi connectivity index (χ4n) is 2.15. The largest absolute Gasteiger partial charge is 0.378 e. The summed E-state index contributed by atoms with van der Waals surface area (Å²) in [5.74, 6) is -0.320. The second kappa shape index (κ2) is 5.52. The smallest absolute Gasteiger partial charge is 0.253 e. The van der Waals surface area contributed by atoms with Gasteiger partial charge in [0.15, 0.2) is 6.10 Å². The Morgan fingerprint density at radius 1 is 1.29 bits per heavy atom. The summed E-state index contributed by atoms with van der Waals surface area (Å²) in [4.78, 5) is 11.8. The van der Waals surface area contributed by atoms with Crippen LogP contribution in [0, 0.1) is 0 Å². The zero-order valence-electron chi connectivity index (χ0n) is 9.53. The molecule has 17 heavy (non-hydrogen) atoms. The first kappa shape index (κ1) is 12.4. The van der Waals surface area contributed by atoms with Gasteiger partial charge >= 0.3 is 0 Å². The summed E-state index contributed by atoms with van der Waals surface area (Å²) in [5.41, 5.74) is 0.574. The third-order valence-corrected chi connectivity index (χ3v) is 3.39. The van der Waals surface area contributed by atoms with Gasteiger partial charge in [0, 0.05) is 11.1 Å². The van der Waals surface area contributed by atoms with Crippen LogP contribution in [0.15, 0.2) is 24.3 Å². The van der Waals surface area contributed by atoms with Crippen LogP contribution in [0.25, 0.3) is 0 Å². The molecule has 2 rings (SSSR count). The maximum Gasteiger partial charge on any atom is 0.253 e. The number of rotatable bonds is 3. The summed E-state index contributed by atoms with van der Waals surface area (Å²) >= 11 is 5.75. The fraction of sp³-hybridized carbons (Fsp3) is 0.462. The minimum absolute atomic E-state index is 0.226. The standard InChI is InChI=1S/C13H16ClNO2/c14-10-7-5-9(6-8-10)12(16)13(17)15-11-3-1-2-4-11/h5-8,11-12,16H,1-4H2,(H,15,17). The van der Waals surface area contributed by atoms with Gasteiger partial charge in [-0.3, -0.25) is 4.79 Å². The van der Waals surface area contributed by atoms with Crippen LogP contribution in [-0.4, -0.2) is 17.1 Å². The number of carbonyl (C=O) groups excluding carboxylic acids is 1. The number of hydrogen-bond acceptors (Lipinski definition) is 2. The zero-order chi connectivity index (χ0) is 12.3. The van der Waals surface area contributed by atoms with Crippen LogP contribution >= 0.6 is 11.6 Å². The van der Waals surface area contributed by atoms with Gasteiger partial charge in [-0.05, 0) is 30.5 Å².